The molecule has 4 nitrogen and oxygen atoms in total. The molecule has 0 saturated carbocycles. The summed E-state index contributed by atoms with van der Waals surface area (Å²) in [4.78, 5) is 8.03. The minimum absolute atomic E-state index is 0.147. The van der Waals surface area contributed by atoms with Gasteiger partial charge in [-0.3, -0.25) is 9.42 Å². The van der Waals surface area contributed by atoms with Gasteiger partial charge in [0.1, 0.15) is 0 Å². The van der Waals surface area contributed by atoms with Crippen LogP contribution in [0.15, 0.2) is 0 Å². The molecule has 0 amide bonds. The first-order valence-corrected chi connectivity index (χ1v) is 5.28. The fourth-order valence-corrected chi connectivity index (χ4v) is 0.857. The molecule has 0 aromatic rings. The molecule has 0 fully saturated rings. The van der Waals surface area contributed by atoms with Crippen LogP contribution in [0.4, 0.5) is 4.20 Å². The van der Waals surface area contributed by atoms with E-state index >= 15 is 0 Å². The minimum Gasteiger partial charge on any atom is -0.379 e. The summed E-state index contributed by atoms with van der Waals surface area (Å²) in [6.07, 6.45) is 1.94. The van der Waals surface area contributed by atoms with Gasteiger partial charge < -0.3 is 4.74 Å². The number of unbranched alkanes of at least 4 members (excludes halogenated alkanes) is 1. The first-order valence-electron chi connectivity index (χ1n) is 3.81. The molecule has 0 heterocycles. The summed E-state index contributed by atoms with van der Waals surface area (Å²) in [5.41, 5.74) is 0. The Bertz CT molecular complexity index is 146. The summed E-state index contributed by atoms with van der Waals surface area (Å²) in [5, 5.41) is 0. The van der Waals surface area contributed by atoms with E-state index in [4.69, 9.17) is 9.63 Å². The maximum atomic E-state index is 11.8. The summed E-state index contributed by atoms with van der Waals surface area (Å²) in [6, 6.07) is 0. The highest BCUT2D eigenvalue weighted by Crippen LogP contribution is 2.42. The quantitative estimate of drug-likeness (QED) is 0.503. The number of ether oxygens (including phenoxy) is 1. The van der Waals surface area contributed by atoms with Crippen molar-refractivity contribution in [3.63, 3.8) is 0 Å². The maximum Gasteiger partial charge on any atom is 0.510 e. The van der Waals surface area contributed by atoms with Crippen molar-refractivity contribution in [2.24, 2.45) is 0 Å². The summed E-state index contributed by atoms with van der Waals surface area (Å²) < 4.78 is 30.6. The topological polar surface area (TPSA) is 55.8 Å². The van der Waals surface area contributed by atoms with Crippen LogP contribution in [-0.4, -0.2) is 24.7 Å². The van der Waals surface area contributed by atoms with Crippen molar-refractivity contribution >= 4 is 7.91 Å². The van der Waals surface area contributed by atoms with Crippen LogP contribution in [0.3, 0.4) is 0 Å². The Kier molecular flexibility index (Phi) is 6.57. The van der Waals surface area contributed by atoms with Gasteiger partial charge in [0.05, 0.1) is 13.2 Å². The molecule has 6 heteroatoms. The molecule has 0 aliphatic heterocycles. The second kappa shape index (κ2) is 6.54. The van der Waals surface area contributed by atoms with Crippen molar-refractivity contribution in [3.8, 4) is 0 Å². The summed E-state index contributed by atoms with van der Waals surface area (Å²) in [6.45, 7) is 2.55. The van der Waals surface area contributed by atoms with Crippen molar-refractivity contribution in [1.29, 1.82) is 0 Å². The lowest BCUT2D eigenvalue weighted by atomic mass is 10.4. The fraction of sp³-hybridized carbons (Fsp3) is 1.00. The Labute approximate surface area is 71.3 Å². The first kappa shape index (κ1) is 12.0. The van der Waals surface area contributed by atoms with Gasteiger partial charge in [0.25, 0.3) is 0 Å². The van der Waals surface area contributed by atoms with E-state index in [1.54, 1.807) is 0 Å². The zero-order valence-electron chi connectivity index (χ0n) is 7.03. The van der Waals surface area contributed by atoms with Gasteiger partial charge in [-0.25, -0.2) is 4.57 Å². The van der Waals surface area contributed by atoms with E-state index in [2.05, 4.69) is 4.52 Å². The maximum absolute atomic E-state index is 11.8. The molecule has 0 rings (SSSR count). The molecule has 0 saturated heterocycles. The Morgan fingerprint density at radius 1 is 1.42 bits per heavy atom. The molecule has 0 aromatic carbocycles. The fourth-order valence-electron chi connectivity index (χ4n) is 0.557. The average Bonchev–Trinajstić information content (AvgIpc) is 1.94. The third-order valence-corrected chi connectivity index (χ3v) is 1.62. The van der Waals surface area contributed by atoms with Gasteiger partial charge in [0.2, 0.25) is 0 Å². The Morgan fingerprint density at radius 2 is 2.08 bits per heavy atom. The minimum atomic E-state index is -4.80. The number of hydrogen-bond donors (Lipinski definition) is 1. The van der Waals surface area contributed by atoms with Crippen LogP contribution >= 0.6 is 7.91 Å². The standard InChI is InChI=1S/C6H14FO4P/c1-2-3-4-10-5-6-11-12(7,8)9/h2-6H2,1H3,(H,8,9). The van der Waals surface area contributed by atoms with Gasteiger partial charge >= 0.3 is 7.91 Å². The average molecular weight is 200 g/mol. The van der Waals surface area contributed by atoms with E-state index in [1.165, 1.54) is 0 Å². The van der Waals surface area contributed by atoms with E-state index < -0.39 is 7.91 Å². The van der Waals surface area contributed by atoms with Crippen molar-refractivity contribution in [2.75, 3.05) is 19.8 Å². The van der Waals surface area contributed by atoms with Gasteiger partial charge in [0, 0.05) is 6.61 Å². The van der Waals surface area contributed by atoms with Gasteiger partial charge in [-0.15, -0.1) is 4.20 Å². The van der Waals surface area contributed by atoms with Gasteiger partial charge in [-0.2, -0.15) is 0 Å². The SMILES string of the molecule is CCCCOCCOP(=O)(O)F. The molecule has 0 aromatic heterocycles. The highest BCUT2D eigenvalue weighted by Gasteiger charge is 2.15. The number of rotatable bonds is 7. The molecule has 0 bridgehead atoms. The van der Waals surface area contributed by atoms with Crippen LogP contribution in [0.2, 0.25) is 0 Å². The lowest BCUT2D eigenvalue weighted by Gasteiger charge is -2.03. The zero-order chi connectivity index (χ0) is 9.45. The predicted molar refractivity (Wildman–Crippen MR) is 42.6 cm³/mol. The molecule has 1 atom stereocenters. The third-order valence-electron chi connectivity index (χ3n) is 1.12. The van der Waals surface area contributed by atoms with E-state index in [0.717, 1.165) is 12.8 Å². The van der Waals surface area contributed by atoms with E-state index in [9.17, 15) is 8.76 Å². The van der Waals surface area contributed by atoms with E-state index in [0.29, 0.717) is 6.61 Å². The Hall–Kier alpha value is 0.0400. The Balaban J connectivity index is 3.06. The summed E-state index contributed by atoms with van der Waals surface area (Å²) in [5.74, 6) is 0. The van der Waals surface area contributed by atoms with Gasteiger partial charge in [0.15, 0.2) is 0 Å². The first-order chi connectivity index (χ1) is 5.56. The normalized spacial score (nSPS) is 15.9. The molecule has 1 N–H and O–H groups in total. The van der Waals surface area contributed by atoms with Crippen LogP contribution in [0, 0.1) is 0 Å². The van der Waals surface area contributed by atoms with Crippen molar-refractivity contribution in [3.05, 3.63) is 0 Å². The molecule has 0 spiro atoms. The summed E-state index contributed by atoms with van der Waals surface area (Å²) >= 11 is 0. The largest absolute Gasteiger partial charge is 0.510 e. The second-order valence-electron chi connectivity index (χ2n) is 2.25. The monoisotopic (exact) mass is 200 g/mol. The molecular formula is C6H14FO4P. The smallest absolute Gasteiger partial charge is 0.379 e. The summed E-state index contributed by atoms with van der Waals surface area (Å²) in [7, 11) is -4.80. The molecule has 0 aliphatic carbocycles. The second-order valence-corrected chi connectivity index (χ2v) is 3.41. The van der Waals surface area contributed by atoms with Crippen LogP contribution in [-0.2, 0) is 13.8 Å². The van der Waals surface area contributed by atoms with Crippen molar-refractivity contribution in [2.45, 2.75) is 19.8 Å². The molecule has 74 valence electrons. The molecule has 12 heavy (non-hydrogen) atoms. The molecule has 0 radical (unpaired) electrons. The van der Waals surface area contributed by atoms with Crippen LogP contribution in [0.1, 0.15) is 19.8 Å². The molecule has 1 unspecified atom stereocenters. The third kappa shape index (κ3) is 10.0. The van der Waals surface area contributed by atoms with E-state index in [1.807, 2.05) is 6.92 Å². The molecule has 0 aliphatic rings. The van der Waals surface area contributed by atoms with E-state index in [-0.39, 0.29) is 13.2 Å². The van der Waals surface area contributed by atoms with Gasteiger partial charge in [-0.05, 0) is 6.42 Å². The highest BCUT2D eigenvalue weighted by molar-refractivity contribution is 7.46. The van der Waals surface area contributed by atoms with Crippen LogP contribution in [0.25, 0.3) is 0 Å². The van der Waals surface area contributed by atoms with Gasteiger partial charge in [-0.1, -0.05) is 13.3 Å². The lowest BCUT2D eigenvalue weighted by Crippen LogP contribution is -2.02. The lowest BCUT2D eigenvalue weighted by molar-refractivity contribution is 0.0887. The van der Waals surface area contributed by atoms with Crippen molar-refractivity contribution < 1.29 is 22.9 Å². The zero-order valence-corrected chi connectivity index (χ0v) is 7.93. The number of halogens is 1. The van der Waals surface area contributed by atoms with Crippen molar-refractivity contribution in [1.82, 2.24) is 0 Å². The van der Waals surface area contributed by atoms with Crippen LogP contribution in [0.5, 0.6) is 0 Å². The Morgan fingerprint density at radius 3 is 2.58 bits per heavy atom. The molecular weight excluding hydrogens is 186 g/mol. The highest BCUT2D eigenvalue weighted by atomic mass is 31.2. The number of hydrogen-bond acceptors (Lipinski definition) is 3. The predicted octanol–water partition coefficient (Wildman–Crippen LogP) is 1.89. The van der Waals surface area contributed by atoms with Crippen LogP contribution < -0.4 is 0 Å².